The molecule has 1 atom stereocenters. The van der Waals surface area contributed by atoms with Crippen LogP contribution in [0.1, 0.15) is 50.3 Å². The first kappa shape index (κ1) is 18.8. The molecule has 150 valence electrons. The number of likely N-dealkylation sites (tertiary alicyclic amines) is 1. The second-order valence-corrected chi connectivity index (χ2v) is 8.80. The average Bonchev–Trinajstić information content (AvgIpc) is 3.15. The first-order valence-electron chi connectivity index (χ1n) is 10.2. The normalized spacial score (nSPS) is 21.7. The van der Waals surface area contributed by atoms with Gasteiger partial charge in [0.15, 0.2) is 0 Å². The Labute approximate surface area is 166 Å². The summed E-state index contributed by atoms with van der Waals surface area (Å²) in [7, 11) is 0. The van der Waals surface area contributed by atoms with E-state index >= 15 is 0 Å². The zero-order valence-electron chi connectivity index (χ0n) is 17.0. The Bertz CT molecular complexity index is 823. The third kappa shape index (κ3) is 4.16. The molecular weight excluding hydrogens is 352 g/mol. The summed E-state index contributed by atoms with van der Waals surface area (Å²) in [6.07, 6.45) is 8.52. The summed E-state index contributed by atoms with van der Waals surface area (Å²) in [5, 5.41) is 3.28. The highest BCUT2D eigenvalue weighted by Gasteiger charge is 2.35. The Morgan fingerprint density at radius 2 is 2.11 bits per heavy atom. The van der Waals surface area contributed by atoms with Gasteiger partial charge in [-0.2, -0.15) is 0 Å². The Morgan fingerprint density at radius 1 is 1.32 bits per heavy atom. The predicted molar refractivity (Wildman–Crippen MR) is 108 cm³/mol. The molecule has 4 rings (SSSR count). The summed E-state index contributed by atoms with van der Waals surface area (Å²) >= 11 is 0. The number of amides is 2. The monoisotopic (exact) mass is 382 g/mol. The van der Waals surface area contributed by atoms with Gasteiger partial charge in [-0.3, -0.25) is 0 Å². The number of aromatic nitrogens is 2. The van der Waals surface area contributed by atoms with Crippen molar-refractivity contribution < 1.29 is 9.53 Å². The number of fused-ring (bicyclic) bond motifs is 1. The van der Waals surface area contributed by atoms with Gasteiger partial charge >= 0.3 is 6.03 Å². The number of benzene rings is 1. The molecule has 0 radical (unpaired) electrons. The maximum Gasteiger partial charge on any atom is 0.317 e. The van der Waals surface area contributed by atoms with Crippen molar-refractivity contribution in [3.63, 3.8) is 0 Å². The molecule has 0 aliphatic carbocycles. The van der Waals surface area contributed by atoms with Gasteiger partial charge in [-0.15, -0.1) is 0 Å². The van der Waals surface area contributed by atoms with Crippen molar-refractivity contribution in [3.8, 4) is 5.75 Å². The van der Waals surface area contributed by atoms with Crippen molar-refractivity contribution in [1.29, 1.82) is 0 Å². The molecule has 0 spiro atoms. The zero-order chi connectivity index (χ0) is 19.7. The van der Waals surface area contributed by atoms with Crippen molar-refractivity contribution in [3.05, 3.63) is 48.0 Å². The lowest BCUT2D eigenvalue weighted by atomic mass is 9.89. The summed E-state index contributed by atoms with van der Waals surface area (Å²) in [6, 6.07) is 6.23. The van der Waals surface area contributed by atoms with Crippen LogP contribution in [0.2, 0.25) is 0 Å². The van der Waals surface area contributed by atoms with Crippen molar-refractivity contribution in [2.24, 2.45) is 5.92 Å². The van der Waals surface area contributed by atoms with Crippen LogP contribution in [0, 0.1) is 12.8 Å². The number of rotatable bonds is 3. The van der Waals surface area contributed by atoms with Crippen LogP contribution in [0.15, 0.2) is 36.9 Å². The predicted octanol–water partition coefficient (Wildman–Crippen LogP) is 3.92. The number of piperidine rings is 1. The highest BCUT2D eigenvalue weighted by atomic mass is 16.5. The molecule has 2 aliphatic rings. The number of carbonyl (C=O) groups is 1. The maximum atomic E-state index is 13.0. The van der Waals surface area contributed by atoms with Gasteiger partial charge in [0.2, 0.25) is 0 Å². The van der Waals surface area contributed by atoms with Gasteiger partial charge in [0.1, 0.15) is 11.4 Å². The van der Waals surface area contributed by atoms with E-state index in [1.54, 1.807) is 0 Å². The fourth-order valence-corrected chi connectivity index (χ4v) is 4.35. The molecule has 1 N–H and O–H groups in total. The van der Waals surface area contributed by atoms with Crippen LogP contribution in [0.25, 0.3) is 0 Å². The fourth-order valence-electron chi connectivity index (χ4n) is 4.35. The molecule has 6 heteroatoms. The topological polar surface area (TPSA) is 59.4 Å². The molecule has 1 fully saturated rings. The van der Waals surface area contributed by atoms with E-state index in [4.69, 9.17) is 4.74 Å². The van der Waals surface area contributed by atoms with Crippen molar-refractivity contribution in [2.45, 2.75) is 58.2 Å². The Kier molecular flexibility index (Phi) is 5.04. The lowest BCUT2D eigenvalue weighted by molar-refractivity contribution is 0.0657. The van der Waals surface area contributed by atoms with E-state index in [1.165, 1.54) is 5.56 Å². The third-order valence-corrected chi connectivity index (χ3v) is 5.85. The number of ether oxygens (including phenoxy) is 1. The number of urea groups is 1. The third-order valence-electron chi connectivity index (χ3n) is 5.85. The Hall–Kier alpha value is -2.50. The smallest absolute Gasteiger partial charge is 0.317 e. The molecule has 1 aromatic carbocycles. The van der Waals surface area contributed by atoms with E-state index in [-0.39, 0.29) is 17.7 Å². The number of hydrogen-bond acceptors (Lipinski definition) is 3. The molecule has 2 aliphatic heterocycles. The summed E-state index contributed by atoms with van der Waals surface area (Å²) in [6.45, 7) is 8.82. The van der Waals surface area contributed by atoms with Gasteiger partial charge < -0.3 is 19.5 Å². The van der Waals surface area contributed by atoms with E-state index in [9.17, 15) is 4.79 Å². The van der Waals surface area contributed by atoms with Crippen LogP contribution in [-0.2, 0) is 6.54 Å². The molecule has 0 bridgehead atoms. The first-order valence-corrected chi connectivity index (χ1v) is 10.2. The Morgan fingerprint density at radius 3 is 2.82 bits per heavy atom. The Balaban J connectivity index is 1.38. The van der Waals surface area contributed by atoms with E-state index in [1.807, 2.05) is 29.7 Å². The van der Waals surface area contributed by atoms with Crippen LogP contribution < -0.4 is 10.1 Å². The first-order chi connectivity index (χ1) is 13.4. The molecule has 28 heavy (non-hydrogen) atoms. The SMILES string of the molecule is Cc1ccc2c(c1)C(NC(=O)N1CCC(Cn3ccnc3)CC1)CC(C)(C)O2. The van der Waals surface area contributed by atoms with E-state index < -0.39 is 0 Å². The molecule has 1 unspecified atom stereocenters. The molecular formula is C22H30N4O2. The van der Waals surface area contributed by atoms with E-state index in [0.717, 1.165) is 50.2 Å². The number of imidazole rings is 1. The molecule has 1 saturated heterocycles. The molecule has 2 aromatic rings. The van der Waals surface area contributed by atoms with Gasteiger partial charge in [-0.05, 0) is 45.6 Å². The van der Waals surface area contributed by atoms with E-state index in [0.29, 0.717) is 5.92 Å². The van der Waals surface area contributed by atoms with Crippen molar-refractivity contribution in [2.75, 3.05) is 13.1 Å². The van der Waals surface area contributed by atoms with Gasteiger partial charge in [0.25, 0.3) is 0 Å². The standard InChI is InChI=1S/C22H30N4O2/c1-16-4-5-20-18(12-16)19(13-22(2,3)28-20)24-21(27)26-9-6-17(7-10-26)14-25-11-8-23-15-25/h4-5,8,11-12,15,17,19H,6-7,9-10,13-14H2,1-3H3,(H,24,27). The van der Waals surface area contributed by atoms with Crippen LogP contribution in [-0.4, -0.2) is 39.2 Å². The second kappa shape index (κ2) is 7.49. The number of nitrogens with zero attached hydrogens (tertiary/aromatic N) is 3. The van der Waals surface area contributed by atoms with Gasteiger partial charge in [-0.1, -0.05) is 17.7 Å². The number of hydrogen-bond donors (Lipinski definition) is 1. The largest absolute Gasteiger partial charge is 0.487 e. The second-order valence-electron chi connectivity index (χ2n) is 8.80. The number of nitrogens with one attached hydrogen (secondary N) is 1. The zero-order valence-corrected chi connectivity index (χ0v) is 17.0. The van der Waals surface area contributed by atoms with Crippen LogP contribution in [0.5, 0.6) is 5.75 Å². The summed E-state index contributed by atoms with van der Waals surface area (Å²) in [4.78, 5) is 19.0. The molecule has 3 heterocycles. The van der Waals surface area contributed by atoms with Gasteiger partial charge in [-0.25, -0.2) is 9.78 Å². The molecule has 2 amide bonds. The fraction of sp³-hybridized carbons (Fsp3) is 0.545. The minimum Gasteiger partial charge on any atom is -0.487 e. The maximum absolute atomic E-state index is 13.0. The van der Waals surface area contributed by atoms with Crippen LogP contribution in [0.4, 0.5) is 4.79 Å². The van der Waals surface area contributed by atoms with Crippen molar-refractivity contribution in [1.82, 2.24) is 19.8 Å². The van der Waals surface area contributed by atoms with Gasteiger partial charge in [0.05, 0.1) is 12.4 Å². The molecule has 6 nitrogen and oxygen atoms in total. The number of carbonyl (C=O) groups excluding carboxylic acids is 1. The number of aryl methyl sites for hydroxylation is 1. The lowest BCUT2D eigenvalue weighted by Crippen LogP contribution is -2.48. The van der Waals surface area contributed by atoms with Gasteiger partial charge in [0, 0.05) is 44.0 Å². The minimum atomic E-state index is -0.294. The summed E-state index contributed by atoms with van der Waals surface area (Å²) in [5.74, 6) is 1.48. The lowest BCUT2D eigenvalue weighted by Gasteiger charge is -2.39. The summed E-state index contributed by atoms with van der Waals surface area (Å²) < 4.78 is 8.25. The van der Waals surface area contributed by atoms with Crippen LogP contribution >= 0.6 is 0 Å². The van der Waals surface area contributed by atoms with Crippen LogP contribution in [0.3, 0.4) is 0 Å². The molecule has 1 aromatic heterocycles. The highest BCUT2D eigenvalue weighted by Crippen LogP contribution is 2.40. The molecule has 0 saturated carbocycles. The quantitative estimate of drug-likeness (QED) is 0.875. The summed E-state index contributed by atoms with van der Waals surface area (Å²) in [5.41, 5.74) is 1.97. The minimum absolute atomic E-state index is 0.0187. The average molecular weight is 383 g/mol. The highest BCUT2D eigenvalue weighted by molar-refractivity contribution is 5.75. The van der Waals surface area contributed by atoms with Crippen molar-refractivity contribution >= 4 is 6.03 Å². The van der Waals surface area contributed by atoms with E-state index in [2.05, 4.69) is 47.8 Å².